The lowest BCUT2D eigenvalue weighted by Crippen LogP contribution is -2.48. The summed E-state index contributed by atoms with van der Waals surface area (Å²) in [6, 6.07) is 2.41. The Morgan fingerprint density at radius 2 is 2.15 bits per heavy atom. The lowest BCUT2D eigenvalue weighted by atomic mass is 9.83. The van der Waals surface area contributed by atoms with Crippen molar-refractivity contribution in [2.75, 3.05) is 13.1 Å². The standard InChI is InChI=1S/C16H26N2OS/c1-3-12-9-10-20-15(12)16(19)18(4-2)14-8-6-5-7-13(14)11-17/h9-10,13-14H,3-8,11,17H2,1-2H3. The van der Waals surface area contributed by atoms with Crippen LogP contribution in [0, 0.1) is 5.92 Å². The van der Waals surface area contributed by atoms with E-state index in [1.54, 1.807) is 11.3 Å². The highest BCUT2D eigenvalue weighted by atomic mass is 32.1. The first-order chi connectivity index (χ1) is 9.72. The van der Waals surface area contributed by atoms with Gasteiger partial charge in [-0.2, -0.15) is 0 Å². The maximum atomic E-state index is 12.9. The van der Waals surface area contributed by atoms with Crippen molar-refractivity contribution in [1.82, 2.24) is 4.90 Å². The van der Waals surface area contributed by atoms with Crippen LogP contribution in [0.1, 0.15) is 54.8 Å². The smallest absolute Gasteiger partial charge is 0.264 e. The van der Waals surface area contributed by atoms with E-state index in [0.717, 1.165) is 30.7 Å². The molecule has 1 amide bonds. The largest absolute Gasteiger partial charge is 0.335 e. The van der Waals surface area contributed by atoms with Crippen LogP contribution in [0.2, 0.25) is 0 Å². The molecule has 2 N–H and O–H groups in total. The fourth-order valence-electron chi connectivity index (χ4n) is 3.33. The summed E-state index contributed by atoms with van der Waals surface area (Å²) >= 11 is 1.58. The lowest BCUT2D eigenvalue weighted by molar-refractivity contribution is 0.0564. The maximum Gasteiger partial charge on any atom is 0.264 e. The molecule has 1 saturated carbocycles. The zero-order valence-corrected chi connectivity index (χ0v) is 13.4. The average Bonchev–Trinajstić information content (AvgIpc) is 2.96. The van der Waals surface area contributed by atoms with Crippen LogP contribution in [0.15, 0.2) is 11.4 Å². The van der Waals surface area contributed by atoms with Crippen LogP contribution in [0.25, 0.3) is 0 Å². The van der Waals surface area contributed by atoms with Gasteiger partial charge in [0.1, 0.15) is 0 Å². The number of amides is 1. The first kappa shape index (κ1) is 15.5. The Hall–Kier alpha value is -0.870. The number of aryl methyl sites for hydroxylation is 1. The summed E-state index contributed by atoms with van der Waals surface area (Å²) in [5, 5.41) is 2.03. The molecule has 0 radical (unpaired) electrons. The molecule has 2 rings (SSSR count). The maximum absolute atomic E-state index is 12.9. The number of nitrogens with zero attached hydrogens (tertiary/aromatic N) is 1. The predicted octanol–water partition coefficient (Wildman–Crippen LogP) is 3.29. The molecule has 4 heteroatoms. The molecule has 0 saturated heterocycles. The van der Waals surface area contributed by atoms with Gasteiger partial charge in [-0.3, -0.25) is 4.79 Å². The summed E-state index contributed by atoms with van der Waals surface area (Å²) in [7, 11) is 0. The Balaban J connectivity index is 2.20. The number of rotatable bonds is 5. The van der Waals surface area contributed by atoms with Gasteiger partial charge in [0, 0.05) is 12.6 Å². The predicted molar refractivity (Wildman–Crippen MR) is 85.2 cm³/mol. The number of thiophene rings is 1. The van der Waals surface area contributed by atoms with Crippen molar-refractivity contribution in [2.24, 2.45) is 11.7 Å². The second kappa shape index (κ2) is 7.23. The van der Waals surface area contributed by atoms with E-state index in [0.29, 0.717) is 18.5 Å². The van der Waals surface area contributed by atoms with Crippen molar-refractivity contribution in [1.29, 1.82) is 0 Å². The normalized spacial score (nSPS) is 22.8. The molecule has 1 fully saturated rings. The summed E-state index contributed by atoms with van der Waals surface area (Å²) in [6.45, 7) is 5.66. The Morgan fingerprint density at radius 1 is 1.40 bits per heavy atom. The van der Waals surface area contributed by atoms with E-state index in [9.17, 15) is 4.79 Å². The zero-order valence-electron chi connectivity index (χ0n) is 12.6. The summed E-state index contributed by atoms with van der Waals surface area (Å²) in [4.78, 5) is 15.9. The van der Waals surface area contributed by atoms with Gasteiger partial charge < -0.3 is 10.6 Å². The quantitative estimate of drug-likeness (QED) is 0.905. The van der Waals surface area contributed by atoms with Gasteiger partial charge in [0.2, 0.25) is 0 Å². The third-order valence-corrected chi connectivity index (χ3v) is 5.44. The van der Waals surface area contributed by atoms with Gasteiger partial charge in [-0.15, -0.1) is 11.3 Å². The summed E-state index contributed by atoms with van der Waals surface area (Å²) in [5.41, 5.74) is 7.10. The number of nitrogens with two attached hydrogens (primary N) is 1. The van der Waals surface area contributed by atoms with Gasteiger partial charge in [0.05, 0.1) is 4.88 Å². The van der Waals surface area contributed by atoms with Gasteiger partial charge >= 0.3 is 0 Å². The Kier molecular flexibility index (Phi) is 5.61. The third kappa shape index (κ3) is 3.07. The van der Waals surface area contributed by atoms with Crippen LogP contribution in [0.3, 0.4) is 0 Å². The van der Waals surface area contributed by atoms with E-state index >= 15 is 0 Å². The molecule has 2 atom stereocenters. The number of hydrogen-bond donors (Lipinski definition) is 1. The molecule has 3 nitrogen and oxygen atoms in total. The minimum Gasteiger partial charge on any atom is -0.335 e. The molecule has 0 bridgehead atoms. The molecular weight excluding hydrogens is 268 g/mol. The first-order valence-electron chi connectivity index (χ1n) is 7.80. The second-order valence-electron chi connectivity index (χ2n) is 5.57. The highest BCUT2D eigenvalue weighted by molar-refractivity contribution is 7.12. The van der Waals surface area contributed by atoms with Crippen LogP contribution in [0.4, 0.5) is 0 Å². The van der Waals surface area contributed by atoms with Crippen molar-refractivity contribution in [3.63, 3.8) is 0 Å². The monoisotopic (exact) mass is 294 g/mol. The van der Waals surface area contributed by atoms with Gasteiger partial charge in [-0.25, -0.2) is 0 Å². The number of hydrogen-bond acceptors (Lipinski definition) is 3. The van der Waals surface area contributed by atoms with E-state index < -0.39 is 0 Å². The molecule has 1 aliphatic rings. The lowest BCUT2D eigenvalue weighted by Gasteiger charge is -2.39. The van der Waals surface area contributed by atoms with Gasteiger partial charge in [0.15, 0.2) is 0 Å². The van der Waals surface area contributed by atoms with Gasteiger partial charge in [-0.1, -0.05) is 19.8 Å². The molecule has 2 unspecified atom stereocenters. The molecule has 0 aromatic carbocycles. The molecule has 1 aromatic heterocycles. The van der Waals surface area contributed by atoms with E-state index in [1.165, 1.54) is 18.4 Å². The fourth-order valence-corrected chi connectivity index (χ4v) is 4.28. The number of carbonyl (C=O) groups excluding carboxylic acids is 1. The minimum atomic E-state index is 0.213. The highest BCUT2D eigenvalue weighted by Crippen LogP contribution is 2.30. The molecule has 112 valence electrons. The molecule has 1 aliphatic carbocycles. The molecule has 1 aromatic rings. The zero-order chi connectivity index (χ0) is 14.5. The van der Waals surface area contributed by atoms with Crippen molar-refractivity contribution in [3.05, 3.63) is 21.9 Å². The second-order valence-corrected chi connectivity index (χ2v) is 6.48. The van der Waals surface area contributed by atoms with Crippen molar-refractivity contribution >= 4 is 17.2 Å². The highest BCUT2D eigenvalue weighted by Gasteiger charge is 2.32. The van der Waals surface area contributed by atoms with E-state index in [1.807, 2.05) is 5.38 Å². The van der Waals surface area contributed by atoms with E-state index in [-0.39, 0.29) is 5.91 Å². The Bertz CT molecular complexity index is 443. The summed E-state index contributed by atoms with van der Waals surface area (Å²) in [5.74, 6) is 0.683. The van der Waals surface area contributed by atoms with Crippen molar-refractivity contribution in [3.8, 4) is 0 Å². The average molecular weight is 294 g/mol. The van der Waals surface area contributed by atoms with E-state index in [4.69, 9.17) is 5.73 Å². The Morgan fingerprint density at radius 3 is 2.80 bits per heavy atom. The van der Waals surface area contributed by atoms with Crippen LogP contribution in [0.5, 0.6) is 0 Å². The topological polar surface area (TPSA) is 46.3 Å². The molecule has 0 aliphatic heterocycles. The van der Waals surface area contributed by atoms with Crippen LogP contribution in [-0.4, -0.2) is 29.9 Å². The Labute approximate surface area is 126 Å². The van der Waals surface area contributed by atoms with Gasteiger partial charge in [-0.05, 0) is 55.7 Å². The minimum absolute atomic E-state index is 0.213. The van der Waals surface area contributed by atoms with Crippen LogP contribution in [-0.2, 0) is 6.42 Å². The van der Waals surface area contributed by atoms with E-state index in [2.05, 4.69) is 24.8 Å². The molecular formula is C16H26N2OS. The first-order valence-corrected chi connectivity index (χ1v) is 8.68. The van der Waals surface area contributed by atoms with Crippen LogP contribution >= 0.6 is 11.3 Å². The summed E-state index contributed by atoms with van der Waals surface area (Å²) in [6.07, 6.45) is 5.66. The van der Waals surface area contributed by atoms with Crippen LogP contribution < -0.4 is 5.73 Å². The molecule has 1 heterocycles. The number of carbonyl (C=O) groups is 1. The van der Waals surface area contributed by atoms with Crippen molar-refractivity contribution in [2.45, 2.75) is 52.0 Å². The fraction of sp³-hybridized carbons (Fsp3) is 0.688. The molecule has 0 spiro atoms. The SMILES string of the molecule is CCc1ccsc1C(=O)N(CC)C1CCCCC1CN. The van der Waals surface area contributed by atoms with Crippen molar-refractivity contribution < 1.29 is 4.79 Å². The molecule has 20 heavy (non-hydrogen) atoms. The third-order valence-electron chi connectivity index (χ3n) is 4.50. The summed E-state index contributed by atoms with van der Waals surface area (Å²) < 4.78 is 0. The van der Waals surface area contributed by atoms with Gasteiger partial charge in [0.25, 0.3) is 5.91 Å².